The Morgan fingerprint density at radius 2 is 0.891 bits per heavy atom. The van der Waals surface area contributed by atoms with E-state index < -0.39 is 49.5 Å². The Labute approximate surface area is 393 Å². The van der Waals surface area contributed by atoms with Crippen LogP contribution in [0.2, 0.25) is 0 Å². The maximum absolute atomic E-state index is 13.0. The Morgan fingerprint density at radius 3 is 1.31 bits per heavy atom. The van der Waals surface area contributed by atoms with Crippen molar-refractivity contribution in [2.45, 2.75) is 294 Å². The van der Waals surface area contributed by atoms with E-state index in [0.29, 0.717) is 6.42 Å². The van der Waals surface area contributed by atoms with Crippen LogP contribution in [0.15, 0.2) is 36.5 Å². The molecule has 0 bridgehead atoms. The fraction of sp³-hybridized carbons (Fsp3) is 0.873. The van der Waals surface area contributed by atoms with E-state index in [1.807, 2.05) is 6.08 Å². The number of allylic oxidation sites excluding steroid dienone is 5. The van der Waals surface area contributed by atoms with Crippen LogP contribution in [0.4, 0.5) is 0 Å². The van der Waals surface area contributed by atoms with Gasteiger partial charge in [-0.3, -0.25) is 4.79 Å². The van der Waals surface area contributed by atoms with Crippen LogP contribution in [0.5, 0.6) is 0 Å². The molecule has 1 aliphatic rings. The molecule has 0 aromatic carbocycles. The summed E-state index contributed by atoms with van der Waals surface area (Å²) in [6, 6.07) is -0.824. The van der Waals surface area contributed by atoms with Gasteiger partial charge in [-0.2, -0.15) is 0 Å². The lowest BCUT2D eigenvalue weighted by molar-refractivity contribution is -0.302. The molecule has 1 fully saturated rings. The quantitative estimate of drug-likeness (QED) is 0.0261. The van der Waals surface area contributed by atoms with E-state index in [4.69, 9.17) is 9.47 Å². The average Bonchev–Trinajstić information content (AvgIpc) is 3.29. The van der Waals surface area contributed by atoms with E-state index in [0.717, 1.165) is 51.4 Å². The highest BCUT2D eigenvalue weighted by atomic mass is 16.7. The van der Waals surface area contributed by atoms with Gasteiger partial charge in [-0.05, 0) is 44.9 Å². The predicted molar refractivity (Wildman–Crippen MR) is 267 cm³/mol. The Hall–Kier alpha value is -1.59. The molecule has 1 amide bonds. The minimum atomic E-state index is -1.57. The third kappa shape index (κ3) is 34.7. The summed E-state index contributed by atoms with van der Waals surface area (Å²) in [5.41, 5.74) is 0. The molecule has 0 aliphatic carbocycles. The second-order valence-electron chi connectivity index (χ2n) is 19.0. The fourth-order valence-electron chi connectivity index (χ4n) is 8.60. The van der Waals surface area contributed by atoms with Crippen molar-refractivity contribution in [1.29, 1.82) is 0 Å². The number of aliphatic hydroxyl groups excluding tert-OH is 5. The van der Waals surface area contributed by atoms with Gasteiger partial charge in [-0.25, -0.2) is 0 Å². The van der Waals surface area contributed by atoms with Crippen molar-refractivity contribution in [1.82, 2.24) is 5.32 Å². The Bertz CT molecular complexity index is 1100. The maximum atomic E-state index is 13.0. The molecule has 0 spiro atoms. The zero-order valence-electron chi connectivity index (χ0n) is 41.5. The smallest absolute Gasteiger partial charge is 0.220 e. The lowest BCUT2D eigenvalue weighted by Crippen LogP contribution is -2.60. The Balaban J connectivity index is 2.18. The number of aliphatic hydroxyl groups is 5. The first-order valence-corrected chi connectivity index (χ1v) is 27.2. The second kappa shape index (κ2) is 45.2. The Kier molecular flexibility index (Phi) is 42.7. The zero-order valence-corrected chi connectivity index (χ0v) is 41.5. The Morgan fingerprint density at radius 1 is 0.516 bits per heavy atom. The maximum Gasteiger partial charge on any atom is 0.220 e. The number of unbranched alkanes of at least 4 members (excludes halogenated alkanes) is 32. The van der Waals surface area contributed by atoms with Crippen LogP contribution in [0.1, 0.15) is 251 Å². The number of nitrogens with one attached hydrogen (secondary N) is 1. The van der Waals surface area contributed by atoms with Crippen LogP contribution in [-0.4, -0.2) is 87.5 Å². The molecular formula is C55H103NO8. The molecular weight excluding hydrogens is 803 g/mol. The van der Waals surface area contributed by atoms with Crippen molar-refractivity contribution in [3.05, 3.63) is 36.5 Å². The van der Waals surface area contributed by atoms with Gasteiger partial charge in [0.25, 0.3) is 0 Å². The number of rotatable bonds is 46. The van der Waals surface area contributed by atoms with Gasteiger partial charge in [0.1, 0.15) is 24.4 Å². The topological polar surface area (TPSA) is 149 Å². The molecule has 7 atom stereocenters. The molecule has 6 N–H and O–H groups in total. The summed E-state index contributed by atoms with van der Waals surface area (Å²) >= 11 is 0. The average molecular weight is 906 g/mol. The minimum Gasteiger partial charge on any atom is -0.394 e. The zero-order chi connectivity index (χ0) is 46.6. The summed E-state index contributed by atoms with van der Waals surface area (Å²) in [5, 5.41) is 54.3. The van der Waals surface area contributed by atoms with Gasteiger partial charge in [0.15, 0.2) is 6.29 Å². The number of hydrogen-bond acceptors (Lipinski definition) is 8. The van der Waals surface area contributed by atoms with Gasteiger partial charge in [0.2, 0.25) is 5.91 Å². The van der Waals surface area contributed by atoms with Crippen LogP contribution in [0, 0.1) is 0 Å². The van der Waals surface area contributed by atoms with Crippen LogP contribution in [0.3, 0.4) is 0 Å². The molecule has 0 radical (unpaired) electrons. The fourth-order valence-corrected chi connectivity index (χ4v) is 8.60. The normalized spacial score (nSPS) is 20.3. The van der Waals surface area contributed by atoms with E-state index >= 15 is 0 Å². The summed E-state index contributed by atoms with van der Waals surface area (Å²) in [6.07, 6.45) is 50.8. The molecule has 0 saturated carbocycles. The molecule has 1 aliphatic heterocycles. The summed E-state index contributed by atoms with van der Waals surface area (Å²) in [6.45, 7) is 3.74. The summed E-state index contributed by atoms with van der Waals surface area (Å²) < 4.78 is 11.2. The van der Waals surface area contributed by atoms with Crippen LogP contribution in [-0.2, 0) is 14.3 Å². The van der Waals surface area contributed by atoms with Gasteiger partial charge >= 0.3 is 0 Å². The molecule has 1 heterocycles. The largest absolute Gasteiger partial charge is 0.394 e. The highest BCUT2D eigenvalue weighted by Crippen LogP contribution is 2.23. The summed E-state index contributed by atoms with van der Waals surface area (Å²) in [4.78, 5) is 13.0. The van der Waals surface area contributed by atoms with Gasteiger partial charge in [-0.15, -0.1) is 0 Å². The van der Waals surface area contributed by atoms with E-state index in [1.165, 1.54) is 180 Å². The van der Waals surface area contributed by atoms with E-state index in [2.05, 4.69) is 43.5 Å². The molecule has 1 rings (SSSR count). The highest BCUT2D eigenvalue weighted by Gasteiger charge is 2.44. The van der Waals surface area contributed by atoms with Crippen molar-refractivity contribution in [3.8, 4) is 0 Å². The highest BCUT2D eigenvalue weighted by molar-refractivity contribution is 5.76. The first kappa shape index (κ1) is 60.4. The molecule has 376 valence electrons. The predicted octanol–water partition coefficient (Wildman–Crippen LogP) is 12.8. The molecule has 1 saturated heterocycles. The number of hydrogen-bond donors (Lipinski definition) is 6. The van der Waals surface area contributed by atoms with E-state index in [-0.39, 0.29) is 12.5 Å². The summed E-state index contributed by atoms with van der Waals surface area (Å²) in [5.74, 6) is -0.188. The van der Waals surface area contributed by atoms with Crippen LogP contribution >= 0.6 is 0 Å². The van der Waals surface area contributed by atoms with Crippen molar-refractivity contribution >= 4 is 5.91 Å². The molecule has 7 unspecified atom stereocenters. The molecule has 9 heteroatoms. The number of carbonyl (C=O) groups excluding carboxylic acids is 1. The second-order valence-corrected chi connectivity index (χ2v) is 19.0. The first-order chi connectivity index (χ1) is 31.3. The van der Waals surface area contributed by atoms with Crippen LogP contribution < -0.4 is 5.32 Å². The van der Waals surface area contributed by atoms with E-state index in [1.54, 1.807) is 6.08 Å². The SMILES string of the molecule is CCCCC/C=C/CC/C=C/CC/C=C/C(O)C(COC1OC(CO)C(O)C(O)C1O)NC(=O)CCCCCCCCCCCCCCCCCCCCCCCCCCCCCC. The van der Waals surface area contributed by atoms with Crippen molar-refractivity contribution in [2.24, 2.45) is 0 Å². The van der Waals surface area contributed by atoms with Gasteiger partial charge in [-0.1, -0.05) is 237 Å². The number of ether oxygens (including phenoxy) is 2. The third-order valence-corrected chi connectivity index (χ3v) is 12.9. The number of carbonyl (C=O) groups is 1. The van der Waals surface area contributed by atoms with Crippen molar-refractivity contribution in [3.63, 3.8) is 0 Å². The minimum absolute atomic E-state index is 0.188. The van der Waals surface area contributed by atoms with Gasteiger partial charge < -0.3 is 40.3 Å². The van der Waals surface area contributed by atoms with Crippen molar-refractivity contribution in [2.75, 3.05) is 13.2 Å². The van der Waals surface area contributed by atoms with Crippen molar-refractivity contribution < 1.29 is 39.8 Å². The van der Waals surface area contributed by atoms with E-state index in [9.17, 15) is 30.3 Å². The first-order valence-electron chi connectivity index (χ1n) is 27.2. The monoisotopic (exact) mass is 906 g/mol. The van der Waals surface area contributed by atoms with Gasteiger partial charge in [0, 0.05) is 6.42 Å². The van der Waals surface area contributed by atoms with Crippen LogP contribution in [0.25, 0.3) is 0 Å². The van der Waals surface area contributed by atoms with Gasteiger partial charge in [0.05, 0.1) is 25.4 Å². The molecule has 0 aromatic rings. The number of amides is 1. The molecule has 64 heavy (non-hydrogen) atoms. The summed E-state index contributed by atoms with van der Waals surface area (Å²) in [7, 11) is 0. The molecule has 9 nitrogen and oxygen atoms in total. The third-order valence-electron chi connectivity index (χ3n) is 12.9. The lowest BCUT2D eigenvalue weighted by Gasteiger charge is -2.40. The lowest BCUT2D eigenvalue weighted by atomic mass is 9.99. The standard InChI is InChI=1S/C55H103NO8/c1-3-5-7-9-11-13-15-17-18-19-20-21-22-23-24-25-26-27-28-29-30-31-33-35-37-39-41-43-45-51(59)56-48(47-63-55-54(62)53(61)52(60)50(46-57)64-55)49(58)44-42-40-38-36-34-32-16-14-12-10-8-6-4-2/h12,14,34,36,42,44,48-50,52-55,57-58,60-62H,3-11,13,15-33,35,37-41,43,45-47H2,1-2H3,(H,56,59)/b14-12+,36-34+,44-42+. The molecule has 0 aromatic heterocycles.